The SMILES string of the molecule is Cc1nc2c(F)c(-c3cccc(Cl)c3Cl)c(CCC#N)cc2c2c1cc(C1CC(OCc3cccnc3N)CN1C(=O)C1CC1)n2C1C2CNC1C2. The van der Waals surface area contributed by atoms with Crippen molar-refractivity contribution < 1.29 is 13.9 Å². The molecule has 10 rings (SSSR count). The number of halogens is 3. The number of likely N-dealkylation sites (tertiary alicyclic amines) is 1. The Balaban J connectivity index is 1.23. The summed E-state index contributed by atoms with van der Waals surface area (Å²) in [6.07, 6.45) is 5.47. The number of nitrogen functional groups attached to an aromatic ring is 1. The lowest BCUT2D eigenvalue weighted by atomic mass is 9.79. The number of fused-ring (bicyclic) bond motifs is 4. The molecule has 5 aromatic rings. The molecule has 52 heavy (non-hydrogen) atoms. The third kappa shape index (κ3) is 5.44. The Bertz CT molecular complexity index is 2300. The number of benzene rings is 2. The summed E-state index contributed by atoms with van der Waals surface area (Å²) < 4.78 is 26.1. The third-order valence-corrected chi connectivity index (χ3v) is 12.5. The van der Waals surface area contributed by atoms with Gasteiger partial charge >= 0.3 is 0 Å². The Kier molecular flexibility index (Phi) is 8.38. The van der Waals surface area contributed by atoms with E-state index in [1.54, 1.807) is 24.4 Å². The largest absolute Gasteiger partial charge is 0.383 e. The number of pyridine rings is 2. The number of amides is 1. The highest BCUT2D eigenvalue weighted by atomic mass is 35.5. The van der Waals surface area contributed by atoms with Crippen molar-refractivity contribution in [3.05, 3.63) is 87.0 Å². The number of ether oxygens (including phenoxy) is 1. The minimum Gasteiger partial charge on any atom is -0.383 e. The van der Waals surface area contributed by atoms with Crippen LogP contribution in [0.3, 0.4) is 0 Å². The second kappa shape index (κ2) is 13.0. The summed E-state index contributed by atoms with van der Waals surface area (Å²) in [6, 6.07) is 15.5. The van der Waals surface area contributed by atoms with Gasteiger partial charge in [-0.15, -0.1) is 0 Å². The van der Waals surface area contributed by atoms with Gasteiger partial charge in [0.25, 0.3) is 0 Å². The summed E-state index contributed by atoms with van der Waals surface area (Å²) in [5.41, 5.74) is 11.3. The molecule has 9 nitrogen and oxygen atoms in total. The van der Waals surface area contributed by atoms with Gasteiger partial charge in [-0.25, -0.2) is 14.4 Å². The van der Waals surface area contributed by atoms with E-state index in [0.717, 1.165) is 48.0 Å². The average Bonchev–Trinajstić information content (AvgIpc) is 3.43. The third-order valence-electron chi connectivity index (χ3n) is 11.6. The number of nitrogens with zero attached hydrogens (tertiary/aromatic N) is 5. The van der Waals surface area contributed by atoms with Crippen molar-refractivity contribution in [1.29, 1.82) is 5.26 Å². The van der Waals surface area contributed by atoms with Gasteiger partial charge in [0.15, 0.2) is 5.82 Å². The lowest BCUT2D eigenvalue weighted by molar-refractivity contribution is -0.134. The molecule has 5 fully saturated rings. The number of nitriles is 1. The van der Waals surface area contributed by atoms with Crippen molar-refractivity contribution in [1.82, 2.24) is 24.8 Å². The molecule has 5 atom stereocenters. The van der Waals surface area contributed by atoms with Gasteiger partial charge in [0.2, 0.25) is 5.91 Å². The van der Waals surface area contributed by atoms with Crippen molar-refractivity contribution >= 4 is 56.7 Å². The average molecular weight is 739 g/mol. The summed E-state index contributed by atoms with van der Waals surface area (Å²) >= 11 is 13.1. The fourth-order valence-corrected chi connectivity index (χ4v) is 9.28. The molecule has 5 unspecified atom stereocenters. The molecule has 2 aliphatic carbocycles. The molecule has 3 aromatic heterocycles. The van der Waals surface area contributed by atoms with Gasteiger partial charge in [0, 0.05) is 82.9 Å². The molecule has 266 valence electrons. The lowest BCUT2D eigenvalue weighted by Crippen LogP contribution is -2.41. The summed E-state index contributed by atoms with van der Waals surface area (Å²) in [7, 11) is 0. The van der Waals surface area contributed by atoms with Crippen LogP contribution in [0.5, 0.6) is 0 Å². The fourth-order valence-electron chi connectivity index (χ4n) is 8.89. The summed E-state index contributed by atoms with van der Waals surface area (Å²) in [5.74, 6) is 0.555. The molecule has 0 spiro atoms. The van der Waals surface area contributed by atoms with Crippen molar-refractivity contribution in [2.75, 3.05) is 18.8 Å². The molecule has 0 radical (unpaired) electrons. The highest BCUT2D eigenvalue weighted by molar-refractivity contribution is 6.43. The Hall–Kier alpha value is -4.27. The lowest BCUT2D eigenvalue weighted by Gasteiger charge is -2.39. The van der Waals surface area contributed by atoms with Gasteiger partial charge in [-0.2, -0.15) is 5.26 Å². The zero-order valence-corrected chi connectivity index (χ0v) is 30.2. The van der Waals surface area contributed by atoms with E-state index in [4.69, 9.17) is 38.7 Å². The van der Waals surface area contributed by atoms with Gasteiger partial charge in [-0.3, -0.25) is 4.79 Å². The van der Waals surface area contributed by atoms with Crippen molar-refractivity contribution in [3.8, 4) is 17.2 Å². The Morgan fingerprint density at radius 3 is 2.73 bits per heavy atom. The van der Waals surface area contributed by atoms with Gasteiger partial charge in [-0.1, -0.05) is 41.4 Å². The van der Waals surface area contributed by atoms with Crippen LogP contribution in [0.1, 0.15) is 66.7 Å². The zero-order chi connectivity index (χ0) is 35.8. The number of nitrogens with one attached hydrogen (secondary N) is 1. The molecule has 2 bridgehead atoms. The van der Waals surface area contributed by atoms with Gasteiger partial charge in [0.05, 0.1) is 46.4 Å². The van der Waals surface area contributed by atoms with E-state index in [-0.39, 0.29) is 53.0 Å². The van der Waals surface area contributed by atoms with Crippen LogP contribution in [0.15, 0.2) is 48.7 Å². The number of carbonyl (C=O) groups excluding carboxylic acids is 1. The standard InChI is InChI=1S/C40H38Cl2FN7O2/c1-20-27-16-32(31-15-25(18-49(31)40(51)21-9-10-21)52-19-23-6-4-12-46-39(23)45)50(37-24-14-30(37)47-17-24)38(27)28-13-22(5-3-11-44)33(35(43)36(28)48-20)26-7-2-8-29(41)34(26)42/h2,4,6-8,12-13,16,21,24-25,30-31,37,47H,3,5,9-10,14-15,17-19H2,1H3,(H2,45,46). The Morgan fingerprint density at radius 2 is 2.00 bits per heavy atom. The van der Waals surface area contributed by atoms with Crippen LogP contribution in [-0.2, 0) is 22.6 Å². The minimum atomic E-state index is -0.488. The quantitative estimate of drug-likeness (QED) is 0.158. The molecule has 5 aliphatic rings. The molecule has 3 saturated heterocycles. The van der Waals surface area contributed by atoms with Crippen LogP contribution in [0, 0.1) is 35.9 Å². The first kappa shape index (κ1) is 33.6. The molecule has 12 heteroatoms. The monoisotopic (exact) mass is 737 g/mol. The van der Waals surface area contributed by atoms with E-state index < -0.39 is 5.82 Å². The smallest absolute Gasteiger partial charge is 0.226 e. The van der Waals surface area contributed by atoms with Crippen LogP contribution in [-0.4, -0.2) is 50.6 Å². The first-order chi connectivity index (χ1) is 25.2. The van der Waals surface area contributed by atoms with E-state index in [1.165, 1.54) is 0 Å². The zero-order valence-electron chi connectivity index (χ0n) is 28.7. The van der Waals surface area contributed by atoms with Crippen LogP contribution in [0.25, 0.3) is 32.9 Å². The highest BCUT2D eigenvalue weighted by Crippen LogP contribution is 2.51. The number of aromatic nitrogens is 3. The number of nitrogens with two attached hydrogens (primary N) is 1. The predicted octanol–water partition coefficient (Wildman–Crippen LogP) is 7.85. The van der Waals surface area contributed by atoms with E-state index in [1.807, 2.05) is 30.0 Å². The molecular weight excluding hydrogens is 700 g/mol. The molecule has 1 amide bonds. The fraction of sp³-hybridized carbons (Fsp3) is 0.400. The van der Waals surface area contributed by atoms with E-state index in [9.17, 15) is 10.1 Å². The Morgan fingerprint density at radius 1 is 1.15 bits per heavy atom. The maximum Gasteiger partial charge on any atom is 0.226 e. The second-order valence-corrected chi connectivity index (χ2v) is 15.6. The van der Waals surface area contributed by atoms with Crippen molar-refractivity contribution in [2.24, 2.45) is 11.8 Å². The van der Waals surface area contributed by atoms with Crippen LogP contribution in [0.4, 0.5) is 10.2 Å². The number of hydrogen-bond donors (Lipinski definition) is 2. The van der Waals surface area contributed by atoms with E-state index in [2.05, 4.69) is 27.0 Å². The van der Waals surface area contributed by atoms with E-state index >= 15 is 4.39 Å². The summed E-state index contributed by atoms with van der Waals surface area (Å²) in [4.78, 5) is 25.1. The predicted molar refractivity (Wildman–Crippen MR) is 199 cm³/mol. The molecule has 3 aliphatic heterocycles. The topological polar surface area (TPSA) is 122 Å². The molecule has 2 saturated carbocycles. The number of carbonyl (C=O) groups is 1. The number of aryl methyl sites for hydroxylation is 2. The first-order valence-corrected chi connectivity index (χ1v) is 18.8. The van der Waals surface area contributed by atoms with Crippen LogP contribution in [0.2, 0.25) is 10.0 Å². The van der Waals surface area contributed by atoms with Gasteiger partial charge < -0.3 is 25.3 Å². The number of hydrogen-bond acceptors (Lipinski definition) is 7. The Labute approximate surface area is 310 Å². The highest BCUT2D eigenvalue weighted by Gasteiger charge is 2.51. The van der Waals surface area contributed by atoms with Crippen LogP contribution < -0.4 is 11.1 Å². The summed E-state index contributed by atoms with van der Waals surface area (Å²) in [5, 5.41) is 15.5. The molecular formula is C40H38Cl2FN7O2. The maximum atomic E-state index is 17.2. The van der Waals surface area contributed by atoms with Gasteiger partial charge in [-0.05, 0) is 68.4 Å². The minimum absolute atomic E-state index is 0.0346. The molecule has 3 N–H and O–H groups in total. The van der Waals surface area contributed by atoms with Crippen LogP contribution >= 0.6 is 23.2 Å². The first-order valence-electron chi connectivity index (χ1n) is 18.1. The maximum absolute atomic E-state index is 17.2. The summed E-state index contributed by atoms with van der Waals surface area (Å²) in [6.45, 7) is 3.61. The molecule has 2 aromatic carbocycles. The van der Waals surface area contributed by atoms with Crippen molar-refractivity contribution in [2.45, 2.75) is 76.3 Å². The number of rotatable bonds is 9. The number of anilines is 1. The normalized spacial score (nSPS) is 23.8. The van der Waals surface area contributed by atoms with Gasteiger partial charge in [0.1, 0.15) is 11.3 Å². The second-order valence-electron chi connectivity index (χ2n) is 14.8. The molecule has 6 heterocycles. The van der Waals surface area contributed by atoms with Crippen molar-refractivity contribution in [3.63, 3.8) is 0 Å². The van der Waals surface area contributed by atoms with E-state index in [0.29, 0.717) is 70.5 Å².